The van der Waals surface area contributed by atoms with Gasteiger partial charge in [-0.2, -0.15) is 9.78 Å². The van der Waals surface area contributed by atoms with Crippen molar-refractivity contribution in [1.29, 1.82) is 0 Å². The van der Waals surface area contributed by atoms with E-state index in [1.165, 1.54) is 88.9 Å². The Bertz CT molecular complexity index is 2430. The molecule has 3 unspecified atom stereocenters. The van der Waals surface area contributed by atoms with Gasteiger partial charge in [0, 0.05) is 40.3 Å². The summed E-state index contributed by atoms with van der Waals surface area (Å²) in [5.41, 5.74) is 0. The highest BCUT2D eigenvalue weighted by molar-refractivity contribution is 7.48. The van der Waals surface area contributed by atoms with E-state index >= 15 is 0 Å². The molecule has 0 aromatic rings. The molecule has 0 saturated carbocycles. The lowest BCUT2D eigenvalue weighted by molar-refractivity contribution is -0.483. The average Bonchev–Trinajstić information content (AvgIpc) is 0.778. The van der Waals surface area contributed by atoms with Crippen molar-refractivity contribution in [2.24, 2.45) is 0 Å². The van der Waals surface area contributed by atoms with E-state index in [9.17, 15) is 28.3 Å². The number of methoxy groups -OCH3 is 2. The van der Waals surface area contributed by atoms with Crippen LogP contribution in [0.3, 0.4) is 0 Å². The standard InChI is InChI=1S/C81H144N2O22P2/c1-12-21-25-29-32-35-36-37-38-39-40-42-44-48-52-56-70(85)82-72-75(93-64-57-68(91-11)55-51-46-28-24-15-4)74(104-106(88,95-59-17-6)96-60-18-7)69(66-90-10)99-78(72)102-103-80-77(100-81(87)94-58-16-5)76(92-63-53-49-45-34-31-27-23-14-3)73(79(101-80)105-107(89,97-61-19-8)98-62-20-9)83-71(86)65-67(84)54-50-47-43-41-33-30-26-22-13-2/h16-20,35-36,68-69,72-80H,5-9,12-15,21-34,37-66H2,1-4,10-11H3,(H,82,85)(H,83,86)/t68-,69-,72-,73?,74?,75-,76-,77+,78+,79?,80-/m1/s1. The van der Waals surface area contributed by atoms with Crippen LogP contribution < -0.4 is 10.6 Å². The number of phosphoric ester groups is 2. The molecule has 11 atom stereocenters. The fourth-order valence-electron chi connectivity index (χ4n) is 12.5. The average molecular weight is 1560 g/mol. The number of nitrogens with one attached hydrogen (secondary N) is 2. The molecular weight excluding hydrogens is 1410 g/mol. The van der Waals surface area contributed by atoms with Gasteiger partial charge in [-0.1, -0.05) is 257 Å². The summed E-state index contributed by atoms with van der Waals surface area (Å²) >= 11 is 0. The number of Topliss-reactive ketones (excluding diaryl/α,β-unsaturated/α-hetero) is 1. The summed E-state index contributed by atoms with van der Waals surface area (Å²) in [7, 11) is -6.33. The lowest BCUT2D eigenvalue weighted by Crippen LogP contribution is -2.68. The quantitative estimate of drug-likeness (QED) is 0.0109. The van der Waals surface area contributed by atoms with Crippen molar-refractivity contribution in [1.82, 2.24) is 10.6 Å². The van der Waals surface area contributed by atoms with Gasteiger partial charge in [0.1, 0.15) is 48.9 Å². The molecule has 2 amide bonds. The number of amides is 2. The molecule has 0 bridgehead atoms. The van der Waals surface area contributed by atoms with Gasteiger partial charge in [-0.25, -0.2) is 13.9 Å². The van der Waals surface area contributed by atoms with Gasteiger partial charge in [-0.05, 0) is 57.8 Å². The van der Waals surface area contributed by atoms with Crippen molar-refractivity contribution in [2.75, 3.05) is 67.1 Å². The zero-order valence-electron chi connectivity index (χ0n) is 66.7. The first kappa shape index (κ1) is 99.3. The number of unbranched alkanes of at least 4 members (excludes halogenated alkanes) is 30. The number of carbonyl (C=O) groups excluding carboxylic acids is 4. The molecule has 107 heavy (non-hydrogen) atoms. The fourth-order valence-corrected chi connectivity index (χ4v) is 15.1. The van der Waals surface area contributed by atoms with Crippen molar-refractivity contribution < 1.29 is 103 Å². The predicted octanol–water partition coefficient (Wildman–Crippen LogP) is 19.7. The Balaban J connectivity index is 2.92. The molecule has 0 spiro atoms. The van der Waals surface area contributed by atoms with E-state index in [2.05, 4.69) is 83.4 Å². The Morgan fingerprint density at radius 3 is 1.38 bits per heavy atom. The molecule has 620 valence electrons. The van der Waals surface area contributed by atoms with E-state index in [-0.39, 0.29) is 77.6 Å². The Hall–Kier alpha value is -3.78. The molecule has 0 radical (unpaired) electrons. The molecule has 2 N–H and O–H groups in total. The van der Waals surface area contributed by atoms with Crippen LogP contribution in [0.15, 0.2) is 75.4 Å². The number of phosphoric acid groups is 2. The molecule has 0 aromatic heterocycles. The van der Waals surface area contributed by atoms with Crippen LogP contribution in [-0.2, 0) is 98.3 Å². The van der Waals surface area contributed by atoms with Crippen molar-refractivity contribution in [2.45, 2.75) is 352 Å². The first-order valence-corrected chi connectivity index (χ1v) is 43.7. The second kappa shape index (κ2) is 65.7. The molecular formula is C81H144N2O22P2. The molecule has 2 fully saturated rings. The summed E-state index contributed by atoms with van der Waals surface area (Å²) in [4.78, 5) is 69.7. The van der Waals surface area contributed by atoms with Gasteiger partial charge in [-0.15, -0.1) is 26.3 Å². The number of hydrogen-bond acceptors (Lipinski definition) is 22. The van der Waals surface area contributed by atoms with Gasteiger partial charge in [0.15, 0.2) is 12.4 Å². The summed E-state index contributed by atoms with van der Waals surface area (Å²) in [6.45, 7) is 25.5. The van der Waals surface area contributed by atoms with Crippen LogP contribution in [0.2, 0.25) is 0 Å². The SMILES string of the molecule is C=CCOC(=O)O[C@@H]1[C@@H](OO[C@@H]2O[C@H](COC)C(OP(=O)(OCC=C)OCC=C)[C@H](OCC[C@@H](CCCCCCC)OC)[C@H]2NC(=O)CCCCCCCCCC=CCCCCCC)OC(OP(=O)(OCC=C)OCC=C)C(NC(=O)CC(=O)CCCCCCCCCCC)[C@H]1OCCCCCCCCCC. The molecule has 0 aliphatic carbocycles. The van der Waals surface area contributed by atoms with Crippen molar-refractivity contribution in [3.63, 3.8) is 0 Å². The molecule has 26 heteroatoms. The molecule has 2 rings (SSSR count). The van der Waals surface area contributed by atoms with Crippen LogP contribution >= 0.6 is 15.6 Å². The molecule has 2 heterocycles. The summed E-state index contributed by atoms with van der Waals surface area (Å²) in [5, 5.41) is 5.93. The normalized spacial score (nSPS) is 20.7. The summed E-state index contributed by atoms with van der Waals surface area (Å²) in [6.07, 6.45) is 33.2. The maximum Gasteiger partial charge on any atom is 0.509 e. The van der Waals surface area contributed by atoms with Crippen LogP contribution in [-0.4, -0.2) is 158 Å². The molecule has 2 saturated heterocycles. The van der Waals surface area contributed by atoms with E-state index in [1.54, 1.807) is 7.11 Å². The van der Waals surface area contributed by atoms with Crippen LogP contribution in [0.4, 0.5) is 4.79 Å². The largest absolute Gasteiger partial charge is 0.509 e. The minimum atomic E-state index is -4.79. The Morgan fingerprint density at radius 2 is 0.869 bits per heavy atom. The van der Waals surface area contributed by atoms with Crippen LogP contribution in [0.5, 0.6) is 0 Å². The van der Waals surface area contributed by atoms with E-state index in [0.717, 1.165) is 161 Å². The molecule has 2 aliphatic rings. The second-order valence-corrected chi connectivity index (χ2v) is 31.0. The van der Waals surface area contributed by atoms with E-state index < -0.39 is 102 Å². The lowest BCUT2D eigenvalue weighted by Gasteiger charge is -2.47. The van der Waals surface area contributed by atoms with Gasteiger partial charge in [0.05, 0.1) is 45.6 Å². The van der Waals surface area contributed by atoms with Crippen LogP contribution in [0.25, 0.3) is 0 Å². The van der Waals surface area contributed by atoms with E-state index in [4.69, 9.17) is 74.8 Å². The molecule has 24 nitrogen and oxygen atoms in total. The maximum atomic E-state index is 14.9. The lowest BCUT2D eigenvalue weighted by atomic mass is 9.96. The third kappa shape index (κ3) is 46.7. The third-order valence-corrected chi connectivity index (χ3v) is 21.3. The Kier molecular flexibility index (Phi) is 61.0. The van der Waals surface area contributed by atoms with Crippen molar-refractivity contribution in [3.8, 4) is 0 Å². The summed E-state index contributed by atoms with van der Waals surface area (Å²) < 4.78 is 116. The van der Waals surface area contributed by atoms with Gasteiger partial charge in [0.2, 0.25) is 24.4 Å². The highest BCUT2D eigenvalue weighted by Crippen LogP contribution is 2.54. The topological polar surface area (TPSA) is 274 Å². The van der Waals surface area contributed by atoms with E-state index in [0.29, 0.717) is 25.7 Å². The predicted molar refractivity (Wildman–Crippen MR) is 419 cm³/mol. The number of ketones is 1. The van der Waals surface area contributed by atoms with Gasteiger partial charge in [0.25, 0.3) is 0 Å². The van der Waals surface area contributed by atoms with Crippen LogP contribution in [0, 0.1) is 0 Å². The minimum absolute atomic E-state index is 0.00122. The first-order chi connectivity index (χ1) is 52.1. The van der Waals surface area contributed by atoms with Gasteiger partial charge in [-0.3, -0.25) is 41.5 Å². The zero-order valence-corrected chi connectivity index (χ0v) is 68.5. The number of rotatable bonds is 74. The van der Waals surface area contributed by atoms with Crippen LogP contribution in [0.1, 0.15) is 285 Å². The fraction of sp³-hybridized carbons (Fsp3) is 0.802. The Labute approximate surface area is 644 Å². The molecule has 2 aliphatic heterocycles. The van der Waals surface area contributed by atoms with Gasteiger partial charge < -0.3 is 48.5 Å². The third-order valence-electron chi connectivity index (χ3n) is 18.4. The maximum absolute atomic E-state index is 14.9. The van der Waals surface area contributed by atoms with Crippen molar-refractivity contribution >= 4 is 39.4 Å². The highest BCUT2D eigenvalue weighted by atomic mass is 31.2. The number of ether oxygens (including phenoxy) is 8. The van der Waals surface area contributed by atoms with E-state index in [1.807, 2.05) is 0 Å². The highest BCUT2D eigenvalue weighted by Gasteiger charge is 2.56. The Morgan fingerprint density at radius 1 is 0.439 bits per heavy atom. The molecule has 0 aromatic carbocycles. The number of allylic oxidation sites excluding steroid dienone is 2. The smallest absolute Gasteiger partial charge is 0.430 e. The number of hydrogen-bond donors (Lipinski definition) is 2. The minimum Gasteiger partial charge on any atom is -0.430 e. The first-order valence-electron chi connectivity index (χ1n) is 40.8. The second-order valence-electron chi connectivity index (χ2n) is 27.7. The number of carbonyl (C=O) groups is 4. The summed E-state index contributed by atoms with van der Waals surface area (Å²) in [5.74, 6) is -1.56. The van der Waals surface area contributed by atoms with Gasteiger partial charge >= 0.3 is 21.8 Å². The van der Waals surface area contributed by atoms with Crippen molar-refractivity contribution in [3.05, 3.63) is 75.4 Å². The monoisotopic (exact) mass is 1560 g/mol. The zero-order chi connectivity index (χ0) is 78.3. The summed E-state index contributed by atoms with van der Waals surface area (Å²) in [6, 6.07) is -3.01.